The first-order chi connectivity index (χ1) is 7.65. The van der Waals surface area contributed by atoms with Gasteiger partial charge >= 0.3 is 0 Å². The molecule has 0 aliphatic heterocycles. The normalized spacial score (nSPS) is 10.4. The van der Waals surface area contributed by atoms with Crippen molar-refractivity contribution in [2.24, 2.45) is 4.99 Å². The van der Waals surface area contributed by atoms with Crippen LogP contribution in [0.1, 0.15) is 5.56 Å². The lowest BCUT2D eigenvalue weighted by atomic mass is 10.1. The smallest absolute Gasteiger partial charge is 0.0979 e. The standard InChI is InChI=1S/C12H8Cl2N2/c1-7(13)8-3-4-9-10(14)5-6-16-12(9)11(8)15-2/h3-6H,1-2H2. The van der Waals surface area contributed by atoms with Crippen LogP contribution in [-0.2, 0) is 0 Å². The molecule has 2 nitrogen and oxygen atoms in total. The molecule has 1 heterocycles. The van der Waals surface area contributed by atoms with Gasteiger partial charge in [0.05, 0.1) is 16.2 Å². The molecule has 0 atom stereocenters. The van der Waals surface area contributed by atoms with Crippen LogP contribution in [0.3, 0.4) is 0 Å². The summed E-state index contributed by atoms with van der Waals surface area (Å²) in [6.07, 6.45) is 1.63. The van der Waals surface area contributed by atoms with Crippen molar-refractivity contribution >= 4 is 51.5 Å². The highest BCUT2D eigenvalue weighted by Gasteiger charge is 2.10. The monoisotopic (exact) mass is 250 g/mol. The van der Waals surface area contributed by atoms with Gasteiger partial charge in [0.1, 0.15) is 0 Å². The molecule has 0 N–H and O–H groups in total. The van der Waals surface area contributed by atoms with Gasteiger partial charge in [0, 0.05) is 22.2 Å². The summed E-state index contributed by atoms with van der Waals surface area (Å²) < 4.78 is 0. The van der Waals surface area contributed by atoms with Crippen LogP contribution in [0.2, 0.25) is 5.02 Å². The maximum absolute atomic E-state index is 6.06. The molecule has 0 radical (unpaired) electrons. The van der Waals surface area contributed by atoms with E-state index in [1.807, 2.05) is 12.1 Å². The highest BCUT2D eigenvalue weighted by Crippen LogP contribution is 2.35. The van der Waals surface area contributed by atoms with Crippen LogP contribution < -0.4 is 0 Å². The van der Waals surface area contributed by atoms with Crippen LogP contribution in [0, 0.1) is 0 Å². The molecule has 0 saturated heterocycles. The fraction of sp³-hybridized carbons (Fsp3) is 0. The first kappa shape index (κ1) is 11.1. The summed E-state index contributed by atoms with van der Waals surface area (Å²) in [7, 11) is 0. The van der Waals surface area contributed by atoms with Crippen molar-refractivity contribution in [3.05, 3.63) is 41.6 Å². The van der Waals surface area contributed by atoms with Gasteiger partial charge < -0.3 is 0 Å². The minimum absolute atomic E-state index is 0.408. The minimum Gasteiger partial charge on any atom is -0.262 e. The van der Waals surface area contributed by atoms with Crippen molar-refractivity contribution in [3.8, 4) is 0 Å². The summed E-state index contributed by atoms with van der Waals surface area (Å²) >= 11 is 11.9. The highest BCUT2D eigenvalue weighted by molar-refractivity contribution is 6.49. The average molecular weight is 251 g/mol. The van der Waals surface area contributed by atoms with E-state index in [1.54, 1.807) is 12.3 Å². The van der Waals surface area contributed by atoms with Crippen molar-refractivity contribution < 1.29 is 0 Å². The summed E-state index contributed by atoms with van der Waals surface area (Å²) in [6.45, 7) is 7.20. The Bertz CT molecular complexity index is 591. The molecule has 4 heteroatoms. The van der Waals surface area contributed by atoms with Crippen LogP contribution in [-0.4, -0.2) is 11.7 Å². The van der Waals surface area contributed by atoms with E-state index in [9.17, 15) is 0 Å². The number of aliphatic imine (C=N–C) groups is 1. The van der Waals surface area contributed by atoms with Crippen LogP contribution in [0.15, 0.2) is 36.0 Å². The molecular weight excluding hydrogens is 243 g/mol. The fourth-order valence-electron chi connectivity index (χ4n) is 1.55. The molecule has 0 fully saturated rings. The van der Waals surface area contributed by atoms with Crippen LogP contribution in [0.4, 0.5) is 5.69 Å². The number of rotatable bonds is 2. The molecule has 1 aromatic carbocycles. The molecule has 0 spiro atoms. The van der Waals surface area contributed by atoms with E-state index in [4.69, 9.17) is 23.2 Å². The molecule has 2 rings (SSSR count). The van der Waals surface area contributed by atoms with Gasteiger partial charge in [-0.2, -0.15) is 0 Å². The molecular formula is C12H8Cl2N2. The molecule has 0 bridgehead atoms. The number of hydrogen-bond donors (Lipinski definition) is 0. The number of pyridine rings is 1. The second-order valence-corrected chi connectivity index (χ2v) is 4.08. The zero-order chi connectivity index (χ0) is 11.7. The quantitative estimate of drug-likeness (QED) is 0.725. The van der Waals surface area contributed by atoms with E-state index >= 15 is 0 Å². The van der Waals surface area contributed by atoms with Gasteiger partial charge in [-0.1, -0.05) is 41.9 Å². The number of benzene rings is 1. The number of aromatic nitrogens is 1. The fourth-order valence-corrected chi connectivity index (χ4v) is 1.91. The van der Waals surface area contributed by atoms with Crippen LogP contribution >= 0.6 is 23.2 Å². The Morgan fingerprint density at radius 1 is 1.31 bits per heavy atom. The second-order valence-electron chi connectivity index (χ2n) is 3.21. The molecule has 0 unspecified atom stereocenters. The molecule has 0 aliphatic rings. The Balaban J connectivity index is 2.91. The topological polar surface area (TPSA) is 25.2 Å². The van der Waals surface area contributed by atoms with Crippen molar-refractivity contribution in [1.29, 1.82) is 0 Å². The number of nitrogens with zero attached hydrogens (tertiary/aromatic N) is 2. The summed E-state index contributed by atoms with van der Waals surface area (Å²) in [5.74, 6) is 0. The number of hydrogen-bond acceptors (Lipinski definition) is 2. The van der Waals surface area contributed by atoms with Crippen molar-refractivity contribution in [2.75, 3.05) is 0 Å². The summed E-state index contributed by atoms with van der Waals surface area (Å²) in [5.41, 5.74) is 2.01. The van der Waals surface area contributed by atoms with Gasteiger partial charge in [-0.3, -0.25) is 9.98 Å². The molecule has 0 amide bonds. The molecule has 0 saturated carbocycles. The Hall–Kier alpha value is -1.38. The van der Waals surface area contributed by atoms with E-state index in [-0.39, 0.29) is 0 Å². The van der Waals surface area contributed by atoms with Gasteiger partial charge in [0.2, 0.25) is 0 Å². The lowest BCUT2D eigenvalue weighted by molar-refractivity contribution is 1.39. The Morgan fingerprint density at radius 3 is 2.69 bits per heavy atom. The molecule has 1 aromatic heterocycles. The van der Waals surface area contributed by atoms with Gasteiger partial charge in [0.25, 0.3) is 0 Å². The molecule has 16 heavy (non-hydrogen) atoms. The third-order valence-corrected chi connectivity index (χ3v) is 2.82. The predicted octanol–water partition coefficient (Wildman–Crippen LogP) is 4.43. The molecule has 80 valence electrons. The van der Waals surface area contributed by atoms with E-state index in [2.05, 4.69) is 23.3 Å². The minimum atomic E-state index is 0.408. The van der Waals surface area contributed by atoms with E-state index < -0.39 is 0 Å². The summed E-state index contributed by atoms with van der Waals surface area (Å²) in [4.78, 5) is 8.18. The lowest BCUT2D eigenvalue weighted by Gasteiger charge is -2.07. The highest BCUT2D eigenvalue weighted by atomic mass is 35.5. The van der Waals surface area contributed by atoms with Gasteiger partial charge in [0.15, 0.2) is 0 Å². The number of fused-ring (bicyclic) bond motifs is 1. The Morgan fingerprint density at radius 2 is 2.06 bits per heavy atom. The Kier molecular flexibility index (Phi) is 2.95. The zero-order valence-electron chi connectivity index (χ0n) is 8.37. The van der Waals surface area contributed by atoms with E-state index in [0.29, 0.717) is 21.3 Å². The first-order valence-corrected chi connectivity index (χ1v) is 5.29. The van der Waals surface area contributed by atoms with Gasteiger partial charge in [-0.15, -0.1) is 0 Å². The third kappa shape index (κ3) is 1.70. The maximum Gasteiger partial charge on any atom is 0.0979 e. The van der Waals surface area contributed by atoms with Crippen molar-refractivity contribution in [1.82, 2.24) is 4.98 Å². The lowest BCUT2D eigenvalue weighted by Crippen LogP contribution is -1.85. The van der Waals surface area contributed by atoms with Crippen LogP contribution in [0.25, 0.3) is 15.9 Å². The predicted molar refractivity (Wildman–Crippen MR) is 70.8 cm³/mol. The van der Waals surface area contributed by atoms with E-state index in [0.717, 1.165) is 10.9 Å². The molecule has 2 aromatic rings. The SMILES string of the molecule is C=Nc1c(C(=C)Cl)ccc2c(Cl)ccnc12. The van der Waals surface area contributed by atoms with Crippen molar-refractivity contribution in [3.63, 3.8) is 0 Å². The average Bonchev–Trinajstić information content (AvgIpc) is 2.27. The third-order valence-electron chi connectivity index (χ3n) is 2.28. The summed E-state index contributed by atoms with van der Waals surface area (Å²) in [5, 5.41) is 1.86. The molecule has 0 aliphatic carbocycles. The van der Waals surface area contributed by atoms with Crippen molar-refractivity contribution in [2.45, 2.75) is 0 Å². The Labute approximate surface area is 103 Å². The van der Waals surface area contributed by atoms with Crippen LogP contribution in [0.5, 0.6) is 0 Å². The first-order valence-electron chi connectivity index (χ1n) is 4.54. The van der Waals surface area contributed by atoms with E-state index in [1.165, 1.54) is 0 Å². The maximum atomic E-state index is 6.06. The number of halogens is 2. The largest absolute Gasteiger partial charge is 0.262 e. The second kappa shape index (κ2) is 4.24. The zero-order valence-corrected chi connectivity index (χ0v) is 9.89. The summed E-state index contributed by atoms with van der Waals surface area (Å²) in [6, 6.07) is 5.39. The van der Waals surface area contributed by atoms with Gasteiger partial charge in [-0.25, -0.2) is 0 Å². The van der Waals surface area contributed by atoms with Gasteiger partial charge in [-0.05, 0) is 12.8 Å².